The second-order valence-electron chi connectivity index (χ2n) is 5.23. The number of amides is 1. The summed E-state index contributed by atoms with van der Waals surface area (Å²) in [4.78, 5) is 12.1. The lowest BCUT2D eigenvalue weighted by molar-refractivity contribution is 0.102. The standard InChI is InChI=1S/C16H17FN2O3S/c1-11(2)19-23(21,22)13-9-7-12(8-10-13)18-16(20)14-5-3-4-6-15(14)17/h3-11,19H,1-2H3,(H,18,20). The van der Waals surface area contributed by atoms with Gasteiger partial charge in [0.1, 0.15) is 5.82 Å². The third-order valence-corrected chi connectivity index (χ3v) is 4.61. The maximum absolute atomic E-state index is 13.5. The summed E-state index contributed by atoms with van der Waals surface area (Å²) in [6.07, 6.45) is 0. The van der Waals surface area contributed by atoms with Crippen molar-refractivity contribution in [2.75, 3.05) is 5.32 Å². The maximum Gasteiger partial charge on any atom is 0.258 e. The molecule has 2 rings (SSSR count). The Morgan fingerprint density at radius 3 is 2.22 bits per heavy atom. The summed E-state index contributed by atoms with van der Waals surface area (Å²) in [5, 5.41) is 2.52. The van der Waals surface area contributed by atoms with Crippen molar-refractivity contribution in [3.63, 3.8) is 0 Å². The van der Waals surface area contributed by atoms with E-state index in [2.05, 4.69) is 10.0 Å². The van der Waals surface area contributed by atoms with Crippen LogP contribution in [0.2, 0.25) is 0 Å². The molecule has 0 aliphatic heterocycles. The van der Waals surface area contributed by atoms with Crippen molar-refractivity contribution >= 4 is 21.6 Å². The number of rotatable bonds is 5. The minimum absolute atomic E-state index is 0.0781. The third-order valence-electron chi connectivity index (χ3n) is 2.93. The largest absolute Gasteiger partial charge is 0.322 e. The van der Waals surface area contributed by atoms with Gasteiger partial charge in [-0.25, -0.2) is 17.5 Å². The Morgan fingerprint density at radius 2 is 1.65 bits per heavy atom. The number of nitrogens with one attached hydrogen (secondary N) is 2. The molecule has 122 valence electrons. The van der Waals surface area contributed by atoms with E-state index in [1.54, 1.807) is 19.9 Å². The van der Waals surface area contributed by atoms with Crippen LogP contribution in [0.1, 0.15) is 24.2 Å². The van der Waals surface area contributed by atoms with Gasteiger partial charge in [0.2, 0.25) is 10.0 Å². The Balaban J connectivity index is 2.15. The molecule has 0 radical (unpaired) electrons. The molecule has 5 nitrogen and oxygen atoms in total. The normalized spacial score (nSPS) is 11.5. The molecule has 0 saturated heterocycles. The minimum Gasteiger partial charge on any atom is -0.322 e. The van der Waals surface area contributed by atoms with E-state index < -0.39 is 21.7 Å². The fourth-order valence-corrected chi connectivity index (χ4v) is 3.19. The first-order valence-corrected chi connectivity index (χ1v) is 8.46. The first kappa shape index (κ1) is 17.1. The van der Waals surface area contributed by atoms with E-state index in [9.17, 15) is 17.6 Å². The predicted octanol–water partition coefficient (Wildman–Crippen LogP) is 2.76. The number of hydrogen-bond acceptors (Lipinski definition) is 3. The molecule has 0 fully saturated rings. The Bertz CT molecular complexity index is 802. The highest BCUT2D eigenvalue weighted by Gasteiger charge is 2.16. The summed E-state index contributed by atoms with van der Waals surface area (Å²) in [6, 6.07) is 11.1. The zero-order valence-corrected chi connectivity index (χ0v) is 13.5. The van der Waals surface area contributed by atoms with Crippen LogP contribution >= 0.6 is 0 Å². The van der Waals surface area contributed by atoms with Crippen LogP contribution in [0.3, 0.4) is 0 Å². The van der Waals surface area contributed by atoms with Gasteiger partial charge >= 0.3 is 0 Å². The monoisotopic (exact) mass is 336 g/mol. The van der Waals surface area contributed by atoms with Gasteiger partial charge in [-0.3, -0.25) is 4.79 Å². The fourth-order valence-electron chi connectivity index (χ4n) is 1.94. The molecule has 0 bridgehead atoms. The predicted molar refractivity (Wildman–Crippen MR) is 86.3 cm³/mol. The van der Waals surface area contributed by atoms with Crippen LogP contribution in [0, 0.1) is 5.82 Å². The van der Waals surface area contributed by atoms with Gasteiger partial charge in [0.25, 0.3) is 5.91 Å². The molecule has 0 spiro atoms. The Labute approximate surface area is 134 Å². The average Bonchev–Trinajstić information content (AvgIpc) is 2.47. The molecule has 0 heterocycles. The Kier molecular flexibility index (Phi) is 5.12. The van der Waals surface area contributed by atoms with Gasteiger partial charge in [-0.1, -0.05) is 12.1 Å². The van der Waals surface area contributed by atoms with Crippen molar-refractivity contribution in [3.05, 3.63) is 59.9 Å². The molecule has 0 aliphatic rings. The van der Waals surface area contributed by atoms with Crippen LogP contribution < -0.4 is 10.0 Å². The van der Waals surface area contributed by atoms with Crippen LogP contribution in [-0.4, -0.2) is 20.4 Å². The van der Waals surface area contributed by atoms with Crippen molar-refractivity contribution in [1.82, 2.24) is 4.72 Å². The number of anilines is 1. The SMILES string of the molecule is CC(C)NS(=O)(=O)c1ccc(NC(=O)c2ccccc2F)cc1. The van der Waals surface area contributed by atoms with E-state index in [0.717, 1.165) is 0 Å². The molecule has 0 saturated carbocycles. The number of carbonyl (C=O) groups excluding carboxylic acids is 1. The highest BCUT2D eigenvalue weighted by molar-refractivity contribution is 7.89. The number of sulfonamides is 1. The van der Waals surface area contributed by atoms with Crippen LogP contribution in [0.15, 0.2) is 53.4 Å². The van der Waals surface area contributed by atoms with Crippen molar-refractivity contribution in [2.24, 2.45) is 0 Å². The van der Waals surface area contributed by atoms with Gasteiger partial charge < -0.3 is 5.32 Å². The summed E-state index contributed by atoms with van der Waals surface area (Å²) in [6.45, 7) is 3.45. The van der Waals surface area contributed by atoms with Crippen molar-refractivity contribution in [2.45, 2.75) is 24.8 Å². The minimum atomic E-state index is -3.59. The number of benzene rings is 2. The molecule has 2 aromatic rings. The van der Waals surface area contributed by atoms with Crippen LogP contribution in [0.4, 0.5) is 10.1 Å². The zero-order valence-electron chi connectivity index (χ0n) is 12.7. The van der Waals surface area contributed by atoms with Crippen LogP contribution in [0.25, 0.3) is 0 Å². The number of halogens is 1. The first-order chi connectivity index (χ1) is 10.8. The summed E-state index contributed by atoms with van der Waals surface area (Å²) in [5.41, 5.74) is 0.299. The molecule has 2 aromatic carbocycles. The fraction of sp³-hybridized carbons (Fsp3) is 0.188. The highest BCUT2D eigenvalue weighted by Crippen LogP contribution is 2.16. The smallest absolute Gasteiger partial charge is 0.258 e. The molecular formula is C16H17FN2O3S. The molecule has 1 amide bonds. The number of carbonyl (C=O) groups is 1. The molecule has 0 aliphatic carbocycles. The molecule has 0 atom stereocenters. The topological polar surface area (TPSA) is 75.3 Å². The quantitative estimate of drug-likeness (QED) is 0.881. The van der Waals surface area contributed by atoms with Crippen molar-refractivity contribution in [3.8, 4) is 0 Å². The first-order valence-electron chi connectivity index (χ1n) is 6.98. The van der Waals surface area contributed by atoms with Crippen LogP contribution in [-0.2, 0) is 10.0 Å². The summed E-state index contributed by atoms with van der Waals surface area (Å²) in [7, 11) is -3.59. The van der Waals surface area contributed by atoms with Crippen molar-refractivity contribution < 1.29 is 17.6 Å². The highest BCUT2D eigenvalue weighted by atomic mass is 32.2. The molecular weight excluding hydrogens is 319 g/mol. The summed E-state index contributed by atoms with van der Waals surface area (Å²) in [5.74, 6) is -1.22. The van der Waals surface area contributed by atoms with Gasteiger partial charge in [-0.05, 0) is 50.2 Å². The lowest BCUT2D eigenvalue weighted by Crippen LogP contribution is -2.30. The summed E-state index contributed by atoms with van der Waals surface area (Å²) < 4.78 is 40.0. The van der Waals surface area contributed by atoms with E-state index in [1.807, 2.05) is 0 Å². The second-order valence-corrected chi connectivity index (χ2v) is 6.95. The molecule has 7 heteroatoms. The zero-order chi connectivity index (χ0) is 17.0. The maximum atomic E-state index is 13.5. The Morgan fingerprint density at radius 1 is 1.04 bits per heavy atom. The molecule has 0 unspecified atom stereocenters. The Hall–Kier alpha value is -2.25. The lowest BCUT2D eigenvalue weighted by Gasteiger charge is -2.10. The van der Waals surface area contributed by atoms with E-state index >= 15 is 0 Å². The van der Waals surface area contributed by atoms with E-state index in [-0.39, 0.29) is 16.5 Å². The van der Waals surface area contributed by atoms with Gasteiger partial charge in [0.15, 0.2) is 0 Å². The van der Waals surface area contributed by atoms with Crippen molar-refractivity contribution in [1.29, 1.82) is 0 Å². The van der Waals surface area contributed by atoms with Gasteiger partial charge in [0, 0.05) is 11.7 Å². The summed E-state index contributed by atoms with van der Waals surface area (Å²) >= 11 is 0. The molecule has 23 heavy (non-hydrogen) atoms. The third kappa shape index (κ3) is 4.37. The van der Waals surface area contributed by atoms with Gasteiger partial charge in [0.05, 0.1) is 10.5 Å². The van der Waals surface area contributed by atoms with Crippen LogP contribution in [0.5, 0.6) is 0 Å². The van der Waals surface area contributed by atoms with Gasteiger partial charge in [-0.2, -0.15) is 0 Å². The molecule has 2 N–H and O–H groups in total. The average molecular weight is 336 g/mol. The van der Waals surface area contributed by atoms with Gasteiger partial charge in [-0.15, -0.1) is 0 Å². The molecule has 0 aromatic heterocycles. The number of hydrogen-bond donors (Lipinski definition) is 2. The van der Waals surface area contributed by atoms with E-state index in [4.69, 9.17) is 0 Å². The second kappa shape index (κ2) is 6.89. The van der Waals surface area contributed by atoms with E-state index in [0.29, 0.717) is 5.69 Å². The van der Waals surface area contributed by atoms with E-state index in [1.165, 1.54) is 42.5 Å². The lowest BCUT2D eigenvalue weighted by atomic mass is 10.2.